The van der Waals surface area contributed by atoms with E-state index in [2.05, 4.69) is 31.8 Å². The molecule has 0 atom stereocenters. The molecule has 0 aliphatic carbocycles. The van der Waals surface area contributed by atoms with Crippen LogP contribution in [0.3, 0.4) is 0 Å². The van der Waals surface area contributed by atoms with E-state index in [1.54, 1.807) is 48.5 Å². The number of nitrogens with one attached hydrogen (secondary N) is 2. The van der Waals surface area contributed by atoms with Gasteiger partial charge in [0.25, 0.3) is 0 Å². The van der Waals surface area contributed by atoms with Crippen molar-refractivity contribution in [3.8, 4) is 11.5 Å². The number of hydrogen-bond acceptors (Lipinski definition) is 6. The van der Waals surface area contributed by atoms with Gasteiger partial charge in [-0.15, -0.1) is 0 Å². The van der Waals surface area contributed by atoms with Gasteiger partial charge in [-0.3, -0.25) is 9.59 Å². The van der Waals surface area contributed by atoms with Crippen LogP contribution >= 0.6 is 39.1 Å². The lowest BCUT2D eigenvalue weighted by Gasteiger charge is -2.09. The van der Waals surface area contributed by atoms with Crippen LogP contribution in [0.2, 0.25) is 10.0 Å². The summed E-state index contributed by atoms with van der Waals surface area (Å²) in [6.07, 6.45) is 1.24. The van der Waals surface area contributed by atoms with E-state index in [0.29, 0.717) is 33.0 Å². The molecular formula is C24H18BrCl2N3O5. The Kier molecular flexibility index (Phi) is 9.25. The highest BCUT2D eigenvalue weighted by molar-refractivity contribution is 9.10. The zero-order chi connectivity index (χ0) is 25.4. The second kappa shape index (κ2) is 12.3. The standard InChI is InChI=1S/C24H18BrCl2N3O5/c1-2-34-18-7-3-14(4-8-18)24(33)35-21-10-5-16(25)11-15(21)13-28-30-23(32)22(31)29-20-12-17(26)6-9-19(20)27/h3-13H,2H2,1H3,(H,29,31)(H,30,32). The van der Waals surface area contributed by atoms with Crippen LogP contribution in [0.15, 0.2) is 70.2 Å². The van der Waals surface area contributed by atoms with Gasteiger partial charge in [0, 0.05) is 15.1 Å². The maximum absolute atomic E-state index is 12.6. The van der Waals surface area contributed by atoms with Crippen molar-refractivity contribution in [2.45, 2.75) is 6.92 Å². The lowest BCUT2D eigenvalue weighted by atomic mass is 10.2. The van der Waals surface area contributed by atoms with E-state index < -0.39 is 17.8 Å². The predicted octanol–water partition coefficient (Wildman–Crippen LogP) is 5.46. The summed E-state index contributed by atoms with van der Waals surface area (Å²) in [5.41, 5.74) is 2.98. The summed E-state index contributed by atoms with van der Waals surface area (Å²) in [6, 6.07) is 15.8. The maximum atomic E-state index is 12.6. The molecule has 8 nitrogen and oxygen atoms in total. The number of carbonyl (C=O) groups is 3. The third kappa shape index (κ3) is 7.54. The molecule has 0 fully saturated rings. The van der Waals surface area contributed by atoms with Gasteiger partial charge in [-0.2, -0.15) is 5.10 Å². The van der Waals surface area contributed by atoms with Gasteiger partial charge in [0.2, 0.25) is 0 Å². The topological polar surface area (TPSA) is 106 Å². The Labute approximate surface area is 219 Å². The molecule has 0 spiro atoms. The van der Waals surface area contributed by atoms with E-state index in [4.69, 9.17) is 32.7 Å². The van der Waals surface area contributed by atoms with Crippen LogP contribution in [-0.2, 0) is 9.59 Å². The van der Waals surface area contributed by atoms with Gasteiger partial charge < -0.3 is 14.8 Å². The lowest BCUT2D eigenvalue weighted by Crippen LogP contribution is -2.32. The largest absolute Gasteiger partial charge is 0.494 e. The Balaban J connectivity index is 1.66. The minimum absolute atomic E-state index is 0.179. The number of hydrogen-bond donors (Lipinski definition) is 2. The van der Waals surface area contributed by atoms with Gasteiger partial charge in [0.05, 0.1) is 29.1 Å². The molecule has 35 heavy (non-hydrogen) atoms. The van der Waals surface area contributed by atoms with Crippen molar-refractivity contribution in [3.63, 3.8) is 0 Å². The molecule has 3 aromatic carbocycles. The van der Waals surface area contributed by atoms with Gasteiger partial charge in [0.15, 0.2) is 0 Å². The molecule has 180 valence electrons. The summed E-state index contributed by atoms with van der Waals surface area (Å²) in [5, 5.41) is 6.69. The molecular weight excluding hydrogens is 561 g/mol. The first-order valence-electron chi connectivity index (χ1n) is 10.1. The minimum atomic E-state index is -1.04. The first-order chi connectivity index (χ1) is 16.8. The Morgan fingerprint density at radius 3 is 2.46 bits per heavy atom. The van der Waals surface area contributed by atoms with Crippen molar-refractivity contribution < 1.29 is 23.9 Å². The van der Waals surface area contributed by atoms with E-state index >= 15 is 0 Å². The molecule has 11 heteroatoms. The monoisotopic (exact) mass is 577 g/mol. The highest BCUT2D eigenvalue weighted by atomic mass is 79.9. The third-order valence-electron chi connectivity index (χ3n) is 4.33. The van der Waals surface area contributed by atoms with E-state index in [1.165, 1.54) is 18.3 Å². The van der Waals surface area contributed by atoms with Crippen LogP contribution in [0.5, 0.6) is 11.5 Å². The second-order valence-corrected chi connectivity index (χ2v) is 8.57. The smallest absolute Gasteiger partial charge is 0.343 e. The summed E-state index contributed by atoms with van der Waals surface area (Å²) < 4.78 is 11.5. The Hall–Kier alpha value is -3.40. The zero-order valence-electron chi connectivity index (χ0n) is 18.2. The number of ether oxygens (including phenoxy) is 2. The molecule has 2 amide bonds. The fraction of sp³-hybridized carbons (Fsp3) is 0.0833. The van der Waals surface area contributed by atoms with Crippen LogP contribution in [0.4, 0.5) is 5.69 Å². The average molecular weight is 579 g/mol. The molecule has 2 N–H and O–H groups in total. The van der Waals surface area contributed by atoms with Crippen molar-refractivity contribution >= 4 is 68.8 Å². The normalized spacial score (nSPS) is 10.6. The number of amides is 2. The van der Waals surface area contributed by atoms with Gasteiger partial charge in [-0.05, 0) is 67.6 Å². The number of hydrazone groups is 1. The summed E-state index contributed by atoms with van der Waals surface area (Å²) >= 11 is 15.2. The highest BCUT2D eigenvalue weighted by Crippen LogP contribution is 2.25. The molecule has 0 unspecified atom stereocenters. The van der Waals surface area contributed by atoms with Crippen LogP contribution in [-0.4, -0.2) is 30.6 Å². The van der Waals surface area contributed by atoms with Crippen molar-refractivity contribution in [2.24, 2.45) is 5.10 Å². The maximum Gasteiger partial charge on any atom is 0.343 e. The van der Waals surface area contributed by atoms with E-state index in [-0.39, 0.29) is 16.5 Å². The van der Waals surface area contributed by atoms with Gasteiger partial charge in [-0.1, -0.05) is 39.1 Å². The Bertz CT molecular complexity index is 1280. The number of nitrogens with zero attached hydrogens (tertiary/aromatic N) is 1. The van der Waals surface area contributed by atoms with Crippen LogP contribution in [0.25, 0.3) is 0 Å². The summed E-state index contributed by atoms with van der Waals surface area (Å²) in [4.78, 5) is 36.8. The quantitative estimate of drug-likeness (QED) is 0.127. The second-order valence-electron chi connectivity index (χ2n) is 6.81. The van der Waals surface area contributed by atoms with Crippen LogP contribution in [0.1, 0.15) is 22.8 Å². The number of rotatable bonds is 7. The minimum Gasteiger partial charge on any atom is -0.494 e. The fourth-order valence-electron chi connectivity index (χ4n) is 2.71. The fourth-order valence-corrected chi connectivity index (χ4v) is 3.43. The van der Waals surface area contributed by atoms with Crippen molar-refractivity contribution in [3.05, 3.63) is 86.3 Å². The summed E-state index contributed by atoms with van der Waals surface area (Å²) in [7, 11) is 0. The van der Waals surface area contributed by atoms with Crippen molar-refractivity contribution in [1.82, 2.24) is 5.43 Å². The molecule has 0 heterocycles. The van der Waals surface area contributed by atoms with Crippen molar-refractivity contribution in [1.29, 1.82) is 0 Å². The van der Waals surface area contributed by atoms with E-state index in [1.807, 2.05) is 6.92 Å². The third-order valence-corrected chi connectivity index (χ3v) is 5.39. The number of anilines is 1. The van der Waals surface area contributed by atoms with Crippen molar-refractivity contribution in [2.75, 3.05) is 11.9 Å². The number of halogens is 3. The summed E-state index contributed by atoms with van der Waals surface area (Å²) in [6.45, 7) is 2.38. The Morgan fingerprint density at radius 2 is 1.74 bits per heavy atom. The average Bonchev–Trinajstić information content (AvgIpc) is 2.83. The molecule has 0 bridgehead atoms. The molecule has 3 rings (SSSR count). The SMILES string of the molecule is CCOc1ccc(C(=O)Oc2ccc(Br)cc2C=NNC(=O)C(=O)Nc2cc(Cl)ccc2Cl)cc1. The van der Waals surface area contributed by atoms with Crippen LogP contribution in [0, 0.1) is 0 Å². The predicted molar refractivity (Wildman–Crippen MR) is 138 cm³/mol. The molecule has 0 aromatic heterocycles. The molecule has 0 radical (unpaired) electrons. The van der Waals surface area contributed by atoms with E-state index in [9.17, 15) is 14.4 Å². The molecule has 0 aliphatic heterocycles. The summed E-state index contributed by atoms with van der Waals surface area (Å²) in [5.74, 6) is -1.80. The first-order valence-corrected chi connectivity index (χ1v) is 11.7. The first kappa shape index (κ1) is 26.2. The van der Waals surface area contributed by atoms with Gasteiger partial charge in [-0.25, -0.2) is 10.2 Å². The number of carbonyl (C=O) groups excluding carboxylic acids is 3. The Morgan fingerprint density at radius 1 is 1.00 bits per heavy atom. The molecule has 0 aliphatic rings. The molecule has 0 saturated carbocycles. The number of benzene rings is 3. The highest BCUT2D eigenvalue weighted by Gasteiger charge is 2.16. The lowest BCUT2D eigenvalue weighted by molar-refractivity contribution is -0.136. The molecule has 0 saturated heterocycles. The van der Waals surface area contributed by atoms with Crippen LogP contribution < -0.4 is 20.2 Å². The van der Waals surface area contributed by atoms with Gasteiger partial charge >= 0.3 is 17.8 Å². The zero-order valence-corrected chi connectivity index (χ0v) is 21.3. The molecule has 3 aromatic rings. The van der Waals surface area contributed by atoms with Gasteiger partial charge in [0.1, 0.15) is 11.5 Å². The van der Waals surface area contributed by atoms with E-state index in [0.717, 1.165) is 0 Å². The number of esters is 1.